The third-order valence-electron chi connectivity index (χ3n) is 5.30. The van der Waals surface area contributed by atoms with E-state index in [9.17, 15) is 18.3 Å². The maximum absolute atomic E-state index is 13.0. The van der Waals surface area contributed by atoms with Crippen LogP contribution in [0.3, 0.4) is 0 Å². The molecule has 1 aliphatic rings. The van der Waals surface area contributed by atoms with Gasteiger partial charge >= 0.3 is 6.16 Å². The first-order valence-corrected chi connectivity index (χ1v) is 11.6. The van der Waals surface area contributed by atoms with Gasteiger partial charge in [0.05, 0.1) is 5.02 Å². The summed E-state index contributed by atoms with van der Waals surface area (Å²) >= 11 is 11.8. The average Bonchev–Trinajstić information content (AvgIpc) is 3.13. The smallest absolute Gasteiger partial charge is 0.505 e. The maximum atomic E-state index is 13.0. The van der Waals surface area contributed by atoms with E-state index in [2.05, 4.69) is 4.74 Å². The van der Waals surface area contributed by atoms with Gasteiger partial charge in [0.25, 0.3) is 5.95 Å². The topological polar surface area (TPSA) is 121 Å². The van der Waals surface area contributed by atoms with Gasteiger partial charge in [0.15, 0.2) is 5.75 Å². The van der Waals surface area contributed by atoms with Crippen LogP contribution in [-0.2, 0) is 10.0 Å². The van der Waals surface area contributed by atoms with Gasteiger partial charge in [-0.15, -0.1) is 0 Å². The number of phenolic OH excluding ortho intramolecular Hbond substituents is 1. The number of carbonyl (C=O) groups is 1. The van der Waals surface area contributed by atoms with Crippen molar-refractivity contribution in [2.45, 2.75) is 11.8 Å². The number of phenols is 1. The van der Waals surface area contributed by atoms with Crippen LogP contribution in [-0.4, -0.2) is 55.3 Å². The van der Waals surface area contributed by atoms with Gasteiger partial charge < -0.3 is 24.3 Å². The fourth-order valence-electron chi connectivity index (χ4n) is 3.74. The number of hydrogen-bond donors (Lipinski definition) is 2. The second kappa shape index (κ2) is 8.36. The SMILES string of the molecule is Cc1c(N2CCN(S(=O)(=O)c3cc(Cl)cc(Cl)c3O)CC2)ccc2oc(OC(=O)O)cc12. The third-order valence-corrected chi connectivity index (χ3v) is 7.72. The highest BCUT2D eigenvalue weighted by atomic mass is 35.5. The Bertz CT molecular complexity index is 1320. The Labute approximate surface area is 193 Å². The van der Waals surface area contributed by atoms with Crippen LogP contribution in [0.25, 0.3) is 11.0 Å². The van der Waals surface area contributed by atoms with E-state index in [0.717, 1.165) is 11.3 Å². The van der Waals surface area contributed by atoms with Gasteiger partial charge in [-0.1, -0.05) is 23.2 Å². The van der Waals surface area contributed by atoms with E-state index in [-0.39, 0.29) is 34.0 Å². The number of sulfonamides is 1. The Balaban J connectivity index is 1.55. The Hall–Kier alpha value is -2.66. The van der Waals surface area contributed by atoms with Crippen molar-refractivity contribution in [1.29, 1.82) is 0 Å². The minimum atomic E-state index is -4.00. The van der Waals surface area contributed by atoms with E-state index >= 15 is 0 Å². The molecular formula is C20H18Cl2N2O7S. The van der Waals surface area contributed by atoms with Crippen LogP contribution in [0.1, 0.15) is 5.56 Å². The number of hydrogen-bond acceptors (Lipinski definition) is 7. The molecule has 1 aliphatic heterocycles. The Morgan fingerprint density at radius 1 is 1.12 bits per heavy atom. The molecule has 4 rings (SSSR count). The number of halogens is 2. The van der Waals surface area contributed by atoms with Crippen LogP contribution in [0.4, 0.5) is 10.5 Å². The number of rotatable bonds is 4. The van der Waals surface area contributed by atoms with E-state index in [1.54, 1.807) is 6.07 Å². The molecule has 0 unspecified atom stereocenters. The fraction of sp³-hybridized carbons (Fsp3) is 0.250. The Kier molecular flexibility index (Phi) is 5.89. The summed E-state index contributed by atoms with van der Waals surface area (Å²) in [6.45, 7) is 3.03. The first-order chi connectivity index (χ1) is 15.1. The molecule has 2 heterocycles. The molecular weight excluding hydrogens is 483 g/mol. The first-order valence-electron chi connectivity index (χ1n) is 9.45. The molecule has 170 valence electrons. The molecule has 0 bridgehead atoms. The van der Waals surface area contributed by atoms with Crippen molar-refractivity contribution in [1.82, 2.24) is 4.31 Å². The summed E-state index contributed by atoms with van der Waals surface area (Å²) in [5, 5.41) is 19.6. The molecule has 0 spiro atoms. The van der Waals surface area contributed by atoms with Crippen molar-refractivity contribution in [2.75, 3.05) is 31.1 Å². The number of piperazine rings is 1. The minimum absolute atomic E-state index is 0.111. The van der Waals surface area contributed by atoms with E-state index in [4.69, 9.17) is 32.7 Å². The molecule has 1 aromatic heterocycles. The quantitative estimate of drug-likeness (QED) is 0.508. The molecule has 32 heavy (non-hydrogen) atoms. The van der Waals surface area contributed by atoms with Crippen molar-refractivity contribution in [3.8, 4) is 11.7 Å². The average molecular weight is 501 g/mol. The molecule has 2 N–H and O–H groups in total. The number of carboxylic acid groups (broad SMARTS) is 1. The number of aryl methyl sites for hydroxylation is 1. The molecule has 0 radical (unpaired) electrons. The van der Waals surface area contributed by atoms with Crippen LogP contribution >= 0.6 is 23.2 Å². The number of aromatic hydroxyl groups is 1. The number of anilines is 1. The summed E-state index contributed by atoms with van der Waals surface area (Å²) in [6, 6.07) is 7.50. The maximum Gasteiger partial charge on any atom is 0.513 e. The van der Waals surface area contributed by atoms with Crippen LogP contribution < -0.4 is 9.64 Å². The van der Waals surface area contributed by atoms with Gasteiger partial charge in [-0.2, -0.15) is 4.31 Å². The van der Waals surface area contributed by atoms with Gasteiger partial charge in [0.1, 0.15) is 10.5 Å². The van der Waals surface area contributed by atoms with Gasteiger partial charge in [-0.25, -0.2) is 13.2 Å². The van der Waals surface area contributed by atoms with Crippen molar-refractivity contribution in [2.24, 2.45) is 0 Å². The largest absolute Gasteiger partial charge is 0.513 e. The predicted molar refractivity (Wildman–Crippen MR) is 119 cm³/mol. The number of furan rings is 1. The monoisotopic (exact) mass is 500 g/mol. The van der Waals surface area contributed by atoms with Crippen molar-refractivity contribution < 1.29 is 32.6 Å². The molecule has 0 atom stereocenters. The lowest BCUT2D eigenvalue weighted by Crippen LogP contribution is -2.48. The van der Waals surface area contributed by atoms with Gasteiger partial charge in [-0.05, 0) is 36.8 Å². The first kappa shape index (κ1) is 22.5. The zero-order valence-corrected chi connectivity index (χ0v) is 19.0. The molecule has 12 heteroatoms. The van der Waals surface area contributed by atoms with Gasteiger partial charge in [0, 0.05) is 48.3 Å². The number of ether oxygens (including phenoxy) is 1. The fourth-order valence-corrected chi connectivity index (χ4v) is 5.91. The second-order valence-electron chi connectivity index (χ2n) is 7.18. The molecule has 2 aromatic carbocycles. The summed E-state index contributed by atoms with van der Waals surface area (Å²) in [5.41, 5.74) is 2.20. The highest BCUT2D eigenvalue weighted by Gasteiger charge is 2.32. The molecule has 1 saturated heterocycles. The van der Waals surface area contributed by atoms with E-state index in [1.165, 1.54) is 22.5 Å². The van der Waals surface area contributed by atoms with Crippen LogP contribution in [0.2, 0.25) is 10.0 Å². The van der Waals surface area contributed by atoms with Crippen molar-refractivity contribution >= 4 is 56.0 Å². The van der Waals surface area contributed by atoms with Crippen molar-refractivity contribution in [3.63, 3.8) is 0 Å². The van der Waals surface area contributed by atoms with E-state index < -0.39 is 21.9 Å². The number of nitrogens with zero attached hydrogens (tertiary/aromatic N) is 2. The second-order valence-corrected chi connectivity index (χ2v) is 9.93. The Morgan fingerprint density at radius 3 is 2.47 bits per heavy atom. The molecule has 3 aromatic rings. The summed E-state index contributed by atoms with van der Waals surface area (Å²) < 4.78 is 37.3. The molecule has 1 fully saturated rings. The minimum Gasteiger partial charge on any atom is -0.505 e. The summed E-state index contributed by atoms with van der Waals surface area (Å²) in [4.78, 5) is 12.4. The zero-order valence-electron chi connectivity index (χ0n) is 16.7. The van der Waals surface area contributed by atoms with Crippen molar-refractivity contribution in [3.05, 3.63) is 45.9 Å². The Morgan fingerprint density at radius 2 is 1.81 bits per heavy atom. The van der Waals surface area contributed by atoms with Gasteiger partial charge in [0.2, 0.25) is 10.0 Å². The molecule has 9 nitrogen and oxygen atoms in total. The highest BCUT2D eigenvalue weighted by molar-refractivity contribution is 7.89. The summed E-state index contributed by atoms with van der Waals surface area (Å²) in [6.07, 6.45) is -1.47. The summed E-state index contributed by atoms with van der Waals surface area (Å²) in [7, 11) is -4.00. The molecule has 0 amide bonds. The number of fused-ring (bicyclic) bond motifs is 1. The predicted octanol–water partition coefficient (Wildman–Crippen LogP) is 4.32. The van der Waals surface area contributed by atoms with E-state index in [0.29, 0.717) is 24.1 Å². The van der Waals surface area contributed by atoms with Gasteiger partial charge in [-0.3, -0.25) is 0 Å². The molecule has 0 saturated carbocycles. The third kappa shape index (κ3) is 4.06. The zero-order chi connectivity index (χ0) is 23.2. The number of benzene rings is 2. The standard InChI is InChI=1S/C20H18Cl2N2O7S/c1-11-13-10-18(31-20(26)27)30-16(13)3-2-15(11)23-4-6-24(7-5-23)32(28,29)17-9-12(21)8-14(22)19(17)25/h2-3,8-10,25H,4-7H2,1H3,(H,26,27). The van der Waals surface area contributed by atoms with E-state index in [1.807, 2.05) is 17.9 Å². The lowest BCUT2D eigenvalue weighted by Gasteiger charge is -2.36. The molecule has 0 aliphatic carbocycles. The summed E-state index contributed by atoms with van der Waals surface area (Å²) in [5.74, 6) is -0.650. The van der Waals surface area contributed by atoms with Crippen LogP contribution in [0.5, 0.6) is 11.7 Å². The lowest BCUT2D eigenvalue weighted by molar-refractivity contribution is 0.134. The van der Waals surface area contributed by atoms with Crippen LogP contribution in [0, 0.1) is 6.92 Å². The lowest BCUT2D eigenvalue weighted by atomic mass is 10.1. The normalized spacial score (nSPS) is 15.3. The van der Waals surface area contributed by atoms with Crippen LogP contribution in [0.15, 0.2) is 39.6 Å². The highest BCUT2D eigenvalue weighted by Crippen LogP contribution is 2.37.